The molecule has 0 saturated heterocycles. The molecule has 8 heteroatoms. The lowest BCUT2D eigenvalue weighted by Gasteiger charge is -2.08. The molecule has 1 heterocycles. The molecule has 1 aromatic carbocycles. The molecule has 2 rings (SSSR count). The van der Waals surface area contributed by atoms with E-state index in [0.717, 1.165) is 6.07 Å². The summed E-state index contributed by atoms with van der Waals surface area (Å²) >= 11 is 8.77. The topological polar surface area (TPSA) is 72.3 Å². The molecule has 104 valence electrons. The molecule has 0 aliphatic heterocycles. The van der Waals surface area contributed by atoms with E-state index in [2.05, 4.69) is 25.9 Å². The van der Waals surface area contributed by atoms with E-state index in [1.54, 1.807) is 6.92 Å². The van der Waals surface area contributed by atoms with Crippen molar-refractivity contribution in [2.24, 2.45) is 0 Å². The van der Waals surface area contributed by atoms with E-state index in [0.29, 0.717) is 10.2 Å². The van der Waals surface area contributed by atoms with E-state index in [-0.39, 0.29) is 22.5 Å². The van der Waals surface area contributed by atoms with E-state index in [9.17, 15) is 9.18 Å². The SMILES string of the molecule is Cc1cc(C(=O)O)nc(Oc2cc(F)c(Cl)cc2Br)n1. The standard InChI is InChI=1S/C12H7BrClFN2O3/c1-5-2-9(11(18)19)17-12(16-5)20-10-4-8(15)7(14)3-6(10)13/h2-4H,1H3,(H,18,19). The van der Waals surface area contributed by atoms with Crippen LogP contribution in [0, 0.1) is 12.7 Å². The molecule has 0 saturated carbocycles. The van der Waals surface area contributed by atoms with Crippen LogP contribution in [0.1, 0.15) is 16.2 Å². The van der Waals surface area contributed by atoms with Crippen molar-refractivity contribution in [1.82, 2.24) is 9.97 Å². The number of hydrogen-bond donors (Lipinski definition) is 1. The lowest BCUT2D eigenvalue weighted by molar-refractivity contribution is 0.0689. The van der Waals surface area contributed by atoms with E-state index in [1.165, 1.54) is 12.1 Å². The van der Waals surface area contributed by atoms with Crippen LogP contribution in [0.3, 0.4) is 0 Å². The van der Waals surface area contributed by atoms with Crippen molar-refractivity contribution in [2.45, 2.75) is 6.92 Å². The van der Waals surface area contributed by atoms with Crippen LogP contribution < -0.4 is 4.74 Å². The van der Waals surface area contributed by atoms with Gasteiger partial charge >= 0.3 is 12.0 Å². The summed E-state index contributed by atoms with van der Waals surface area (Å²) < 4.78 is 19.1. The predicted octanol–water partition coefficient (Wildman–Crippen LogP) is 3.83. The molecule has 0 fully saturated rings. The number of rotatable bonds is 3. The Balaban J connectivity index is 2.40. The quantitative estimate of drug-likeness (QED) is 0.841. The van der Waals surface area contributed by atoms with E-state index < -0.39 is 11.8 Å². The predicted molar refractivity (Wildman–Crippen MR) is 72.9 cm³/mol. The smallest absolute Gasteiger partial charge is 0.354 e. The minimum absolute atomic E-state index is 0.0689. The van der Waals surface area contributed by atoms with E-state index in [1.807, 2.05) is 0 Å². The normalized spacial score (nSPS) is 10.4. The maximum atomic E-state index is 13.4. The lowest BCUT2D eigenvalue weighted by atomic mass is 10.3. The zero-order valence-corrected chi connectivity index (χ0v) is 12.4. The highest BCUT2D eigenvalue weighted by molar-refractivity contribution is 9.10. The molecule has 0 aliphatic rings. The number of ether oxygens (including phenoxy) is 1. The largest absolute Gasteiger partial charge is 0.477 e. The van der Waals surface area contributed by atoms with Crippen LogP contribution in [0.5, 0.6) is 11.8 Å². The number of aromatic carboxylic acids is 1. The number of aryl methyl sites for hydroxylation is 1. The monoisotopic (exact) mass is 360 g/mol. The Morgan fingerprint density at radius 3 is 2.75 bits per heavy atom. The highest BCUT2D eigenvalue weighted by Gasteiger charge is 2.13. The van der Waals surface area contributed by atoms with Gasteiger partial charge < -0.3 is 9.84 Å². The third-order valence-corrected chi connectivity index (χ3v) is 3.14. The fraction of sp³-hybridized carbons (Fsp3) is 0.0833. The van der Waals surface area contributed by atoms with Gasteiger partial charge in [-0.2, -0.15) is 4.98 Å². The Bertz CT molecular complexity index is 697. The summed E-state index contributed by atoms with van der Waals surface area (Å²) in [5.41, 5.74) is 0.205. The van der Waals surface area contributed by atoms with Gasteiger partial charge in [0.15, 0.2) is 5.69 Å². The van der Waals surface area contributed by atoms with Gasteiger partial charge in [0.25, 0.3) is 0 Å². The summed E-state index contributed by atoms with van der Waals surface area (Å²) in [5, 5.41) is 8.83. The Morgan fingerprint density at radius 1 is 1.40 bits per heavy atom. The van der Waals surface area contributed by atoms with Crippen molar-refractivity contribution < 1.29 is 19.0 Å². The van der Waals surface area contributed by atoms with Crippen LogP contribution in [-0.4, -0.2) is 21.0 Å². The maximum absolute atomic E-state index is 13.4. The van der Waals surface area contributed by atoms with Crippen molar-refractivity contribution in [3.8, 4) is 11.8 Å². The number of aromatic nitrogens is 2. The molecule has 1 aromatic heterocycles. The van der Waals surface area contributed by atoms with Crippen LogP contribution in [0.4, 0.5) is 4.39 Å². The zero-order valence-electron chi connectivity index (χ0n) is 10.0. The van der Waals surface area contributed by atoms with Crippen molar-refractivity contribution >= 4 is 33.5 Å². The molecule has 0 atom stereocenters. The lowest BCUT2D eigenvalue weighted by Crippen LogP contribution is -2.04. The average Bonchev–Trinajstić information content (AvgIpc) is 2.35. The minimum Gasteiger partial charge on any atom is -0.477 e. The molecule has 2 aromatic rings. The number of carboxylic acid groups (broad SMARTS) is 1. The molecule has 1 N–H and O–H groups in total. The average molecular weight is 362 g/mol. The Kier molecular flexibility index (Phi) is 4.20. The Morgan fingerprint density at radius 2 is 2.10 bits per heavy atom. The summed E-state index contributed by atoms with van der Waals surface area (Å²) in [7, 11) is 0. The van der Waals surface area contributed by atoms with Gasteiger partial charge in [-0.15, -0.1) is 0 Å². The first-order valence-corrected chi connectivity index (χ1v) is 6.45. The first-order valence-electron chi connectivity index (χ1n) is 5.28. The van der Waals surface area contributed by atoms with Gasteiger partial charge in [-0.1, -0.05) is 11.6 Å². The second-order valence-electron chi connectivity index (χ2n) is 3.78. The van der Waals surface area contributed by atoms with Crippen molar-refractivity contribution in [1.29, 1.82) is 0 Å². The van der Waals surface area contributed by atoms with Gasteiger partial charge in [-0.05, 0) is 35.0 Å². The molecule has 0 radical (unpaired) electrons. The molecular formula is C12H7BrClFN2O3. The van der Waals surface area contributed by atoms with Gasteiger partial charge in [0, 0.05) is 11.8 Å². The van der Waals surface area contributed by atoms with Crippen LogP contribution in [-0.2, 0) is 0 Å². The highest BCUT2D eigenvalue weighted by atomic mass is 79.9. The summed E-state index contributed by atoms with van der Waals surface area (Å²) in [5.74, 6) is -1.79. The van der Waals surface area contributed by atoms with Crippen LogP contribution in [0.25, 0.3) is 0 Å². The zero-order chi connectivity index (χ0) is 14.9. The molecule has 0 aliphatic carbocycles. The third kappa shape index (κ3) is 3.23. The number of hydrogen-bond acceptors (Lipinski definition) is 4. The number of carbonyl (C=O) groups is 1. The highest BCUT2D eigenvalue weighted by Crippen LogP contribution is 2.32. The van der Waals surface area contributed by atoms with Gasteiger partial charge in [0.2, 0.25) is 0 Å². The number of halogens is 3. The first-order chi connectivity index (χ1) is 9.36. The first kappa shape index (κ1) is 14.7. The number of benzene rings is 1. The van der Waals surface area contributed by atoms with Crippen molar-refractivity contribution in [3.05, 3.63) is 44.9 Å². The molecular weight excluding hydrogens is 354 g/mol. The van der Waals surface area contributed by atoms with E-state index in [4.69, 9.17) is 21.4 Å². The third-order valence-electron chi connectivity index (χ3n) is 2.23. The molecule has 0 bridgehead atoms. The molecule has 0 spiro atoms. The second-order valence-corrected chi connectivity index (χ2v) is 5.04. The number of carboxylic acids is 1. The van der Waals surface area contributed by atoms with Gasteiger partial charge in [-0.3, -0.25) is 0 Å². The summed E-state index contributed by atoms with van der Waals surface area (Å²) in [6.45, 7) is 1.60. The van der Waals surface area contributed by atoms with Gasteiger partial charge in [0.1, 0.15) is 11.6 Å². The van der Waals surface area contributed by atoms with Crippen molar-refractivity contribution in [3.63, 3.8) is 0 Å². The van der Waals surface area contributed by atoms with Crippen LogP contribution >= 0.6 is 27.5 Å². The molecule has 0 amide bonds. The van der Waals surface area contributed by atoms with Crippen LogP contribution in [0.15, 0.2) is 22.7 Å². The van der Waals surface area contributed by atoms with E-state index >= 15 is 0 Å². The van der Waals surface area contributed by atoms with Crippen LogP contribution in [0.2, 0.25) is 5.02 Å². The fourth-order valence-corrected chi connectivity index (χ4v) is 2.10. The Hall–Kier alpha value is -1.73. The minimum atomic E-state index is -1.21. The second kappa shape index (κ2) is 5.72. The summed E-state index contributed by atoms with van der Waals surface area (Å²) in [6, 6.07) is 3.48. The summed E-state index contributed by atoms with van der Waals surface area (Å²) in [6.07, 6.45) is 0. The Labute approximate surface area is 126 Å². The molecule has 0 unspecified atom stereocenters. The van der Waals surface area contributed by atoms with Gasteiger partial charge in [-0.25, -0.2) is 14.2 Å². The summed E-state index contributed by atoms with van der Waals surface area (Å²) in [4.78, 5) is 18.5. The molecule has 5 nitrogen and oxygen atoms in total. The van der Waals surface area contributed by atoms with Gasteiger partial charge in [0.05, 0.1) is 9.50 Å². The maximum Gasteiger partial charge on any atom is 0.354 e. The fourth-order valence-electron chi connectivity index (χ4n) is 1.38. The number of nitrogens with zero attached hydrogens (tertiary/aromatic N) is 2. The molecule has 20 heavy (non-hydrogen) atoms. The van der Waals surface area contributed by atoms with Crippen molar-refractivity contribution in [2.75, 3.05) is 0 Å².